The molecular formula is C20H29N3O2. The molecule has 1 aliphatic carbocycles. The highest BCUT2D eigenvalue weighted by Gasteiger charge is 2.52. The van der Waals surface area contributed by atoms with Crippen LogP contribution in [0.5, 0.6) is 0 Å². The van der Waals surface area contributed by atoms with E-state index in [-0.39, 0.29) is 11.9 Å². The molecule has 1 aliphatic heterocycles. The minimum Gasteiger partial charge on any atom is -0.323 e. The summed E-state index contributed by atoms with van der Waals surface area (Å²) in [6.45, 7) is 6.30. The van der Waals surface area contributed by atoms with Gasteiger partial charge in [0, 0.05) is 6.54 Å². The first-order chi connectivity index (χ1) is 12.0. The summed E-state index contributed by atoms with van der Waals surface area (Å²) in [5.74, 6) is 0.609. The summed E-state index contributed by atoms with van der Waals surface area (Å²) in [5.41, 5.74) is 0.554. The highest BCUT2D eigenvalue weighted by molar-refractivity contribution is 6.07. The number of carbonyl (C=O) groups excluding carboxylic acids is 2. The fraction of sp³-hybridized carbons (Fsp3) is 0.600. The van der Waals surface area contributed by atoms with Gasteiger partial charge in [-0.15, -0.1) is 0 Å². The Balaban J connectivity index is 1.69. The number of urea groups is 1. The first-order valence-electron chi connectivity index (χ1n) is 9.44. The summed E-state index contributed by atoms with van der Waals surface area (Å²) in [5, 5.41) is 3.01. The Kier molecular flexibility index (Phi) is 5.42. The van der Waals surface area contributed by atoms with E-state index in [4.69, 9.17) is 0 Å². The van der Waals surface area contributed by atoms with Crippen LogP contribution in [-0.2, 0) is 11.3 Å². The molecular weight excluding hydrogens is 314 g/mol. The zero-order valence-electron chi connectivity index (χ0n) is 15.3. The number of rotatable bonds is 6. The molecule has 1 saturated heterocycles. The topological polar surface area (TPSA) is 52.6 Å². The summed E-state index contributed by atoms with van der Waals surface area (Å²) < 4.78 is 0. The first kappa shape index (κ1) is 17.9. The lowest BCUT2D eigenvalue weighted by Crippen LogP contribution is -2.50. The van der Waals surface area contributed by atoms with Crippen molar-refractivity contribution in [2.24, 2.45) is 5.92 Å². The molecule has 1 N–H and O–H groups in total. The maximum atomic E-state index is 13.0. The van der Waals surface area contributed by atoms with E-state index < -0.39 is 5.54 Å². The average molecular weight is 343 g/mol. The van der Waals surface area contributed by atoms with Crippen molar-refractivity contribution in [2.75, 3.05) is 13.2 Å². The molecule has 1 heterocycles. The van der Waals surface area contributed by atoms with Crippen LogP contribution in [0, 0.1) is 5.92 Å². The minimum absolute atomic E-state index is 0.0291. The van der Waals surface area contributed by atoms with Crippen molar-refractivity contribution in [2.45, 2.75) is 58.0 Å². The van der Waals surface area contributed by atoms with Crippen LogP contribution in [0.15, 0.2) is 30.3 Å². The smallest absolute Gasteiger partial charge is 0.323 e. The first-order valence-corrected chi connectivity index (χ1v) is 9.44. The fourth-order valence-corrected chi connectivity index (χ4v) is 3.96. The number of carbonyl (C=O) groups is 2. The van der Waals surface area contributed by atoms with E-state index in [0.29, 0.717) is 12.6 Å². The van der Waals surface area contributed by atoms with E-state index in [1.807, 2.05) is 18.2 Å². The maximum absolute atomic E-state index is 13.0. The van der Waals surface area contributed by atoms with E-state index in [1.54, 1.807) is 0 Å². The number of hydrogen-bond acceptors (Lipinski definition) is 3. The molecule has 3 amide bonds. The molecule has 2 aliphatic rings. The Morgan fingerprint density at radius 1 is 1.20 bits per heavy atom. The Labute approximate surface area is 150 Å². The highest BCUT2D eigenvalue weighted by atomic mass is 16.2. The largest absolute Gasteiger partial charge is 0.326 e. The van der Waals surface area contributed by atoms with Gasteiger partial charge in [-0.3, -0.25) is 9.69 Å². The minimum atomic E-state index is -0.645. The van der Waals surface area contributed by atoms with E-state index in [2.05, 4.69) is 36.2 Å². The molecule has 2 fully saturated rings. The second-order valence-corrected chi connectivity index (χ2v) is 7.61. The molecule has 1 spiro atoms. The van der Waals surface area contributed by atoms with Crippen molar-refractivity contribution >= 4 is 11.9 Å². The molecule has 0 radical (unpaired) electrons. The van der Waals surface area contributed by atoms with Crippen LogP contribution in [0.4, 0.5) is 4.79 Å². The number of nitrogens with one attached hydrogen (secondary N) is 1. The summed E-state index contributed by atoms with van der Waals surface area (Å²) in [7, 11) is 0. The van der Waals surface area contributed by atoms with E-state index >= 15 is 0 Å². The molecule has 1 saturated carbocycles. The Morgan fingerprint density at radius 2 is 1.88 bits per heavy atom. The van der Waals surface area contributed by atoms with Crippen LogP contribution in [0.25, 0.3) is 0 Å². The molecule has 0 atom stereocenters. The molecule has 0 bridgehead atoms. The second-order valence-electron chi connectivity index (χ2n) is 7.61. The summed E-state index contributed by atoms with van der Waals surface area (Å²) >= 11 is 0. The van der Waals surface area contributed by atoms with Crippen molar-refractivity contribution in [1.29, 1.82) is 0 Å². The molecule has 1 aromatic carbocycles. The Morgan fingerprint density at radius 3 is 2.52 bits per heavy atom. The lowest BCUT2D eigenvalue weighted by atomic mass is 9.77. The van der Waals surface area contributed by atoms with Gasteiger partial charge in [0.25, 0.3) is 5.91 Å². The third-order valence-corrected chi connectivity index (χ3v) is 5.50. The van der Waals surface area contributed by atoms with Crippen LogP contribution in [0.1, 0.15) is 51.5 Å². The van der Waals surface area contributed by atoms with Gasteiger partial charge < -0.3 is 5.32 Å². The number of imide groups is 1. The predicted molar refractivity (Wildman–Crippen MR) is 97.8 cm³/mol. The monoisotopic (exact) mass is 343 g/mol. The van der Waals surface area contributed by atoms with Crippen LogP contribution < -0.4 is 5.32 Å². The molecule has 1 aromatic rings. The number of amides is 3. The van der Waals surface area contributed by atoms with Crippen molar-refractivity contribution in [1.82, 2.24) is 15.1 Å². The van der Waals surface area contributed by atoms with Gasteiger partial charge in [-0.2, -0.15) is 0 Å². The highest BCUT2D eigenvalue weighted by Crippen LogP contribution is 2.36. The van der Waals surface area contributed by atoms with Crippen LogP contribution in [0.3, 0.4) is 0 Å². The summed E-state index contributed by atoms with van der Waals surface area (Å²) in [6, 6.07) is 9.97. The van der Waals surface area contributed by atoms with Crippen molar-refractivity contribution in [3.05, 3.63) is 35.9 Å². The van der Waals surface area contributed by atoms with E-state index in [9.17, 15) is 9.59 Å². The van der Waals surface area contributed by atoms with Gasteiger partial charge in [-0.25, -0.2) is 9.69 Å². The van der Waals surface area contributed by atoms with Gasteiger partial charge in [0.05, 0.1) is 6.67 Å². The van der Waals surface area contributed by atoms with Crippen LogP contribution >= 0.6 is 0 Å². The SMILES string of the molecule is CCCN(Cc1ccccc1)CN1C(=O)NC2(CCC(C)CC2)C1=O. The van der Waals surface area contributed by atoms with Gasteiger partial charge in [0.2, 0.25) is 0 Å². The molecule has 0 unspecified atom stereocenters. The van der Waals surface area contributed by atoms with E-state index in [1.165, 1.54) is 10.5 Å². The molecule has 136 valence electrons. The Hall–Kier alpha value is -1.88. The number of nitrogens with zero attached hydrogens (tertiary/aromatic N) is 2. The van der Waals surface area contributed by atoms with Crippen molar-refractivity contribution < 1.29 is 9.59 Å². The average Bonchev–Trinajstić information content (AvgIpc) is 2.83. The molecule has 0 aromatic heterocycles. The number of benzene rings is 1. The lowest BCUT2D eigenvalue weighted by molar-refractivity contribution is -0.134. The molecule has 3 rings (SSSR count). The van der Waals surface area contributed by atoms with Gasteiger partial charge in [-0.1, -0.05) is 44.2 Å². The normalized spacial score (nSPS) is 26.5. The van der Waals surface area contributed by atoms with Crippen molar-refractivity contribution in [3.63, 3.8) is 0 Å². The summed E-state index contributed by atoms with van der Waals surface area (Å²) in [4.78, 5) is 29.1. The quantitative estimate of drug-likeness (QED) is 0.806. The number of hydrogen-bond donors (Lipinski definition) is 1. The lowest BCUT2D eigenvalue weighted by Gasteiger charge is -2.34. The van der Waals surface area contributed by atoms with Gasteiger partial charge in [-0.05, 0) is 50.1 Å². The summed E-state index contributed by atoms with van der Waals surface area (Å²) in [6.07, 6.45) is 4.52. The maximum Gasteiger partial charge on any atom is 0.326 e. The van der Waals surface area contributed by atoms with Crippen LogP contribution in [-0.4, -0.2) is 40.5 Å². The zero-order chi connectivity index (χ0) is 17.9. The van der Waals surface area contributed by atoms with Crippen LogP contribution in [0.2, 0.25) is 0 Å². The third kappa shape index (κ3) is 3.87. The van der Waals surface area contributed by atoms with Crippen molar-refractivity contribution in [3.8, 4) is 0 Å². The fourth-order valence-electron chi connectivity index (χ4n) is 3.96. The molecule has 5 nitrogen and oxygen atoms in total. The predicted octanol–water partition coefficient (Wildman–Crippen LogP) is 3.36. The third-order valence-electron chi connectivity index (χ3n) is 5.50. The molecule has 25 heavy (non-hydrogen) atoms. The molecule has 5 heteroatoms. The second kappa shape index (κ2) is 7.56. The van der Waals surface area contributed by atoms with Gasteiger partial charge in [0.1, 0.15) is 5.54 Å². The van der Waals surface area contributed by atoms with Gasteiger partial charge in [0.15, 0.2) is 0 Å². The Bertz CT molecular complexity index is 609. The van der Waals surface area contributed by atoms with Gasteiger partial charge >= 0.3 is 6.03 Å². The zero-order valence-corrected chi connectivity index (χ0v) is 15.3. The van der Waals surface area contributed by atoms with E-state index in [0.717, 1.165) is 45.2 Å². The standard InChI is InChI=1S/C20H29N3O2/c1-3-13-22(14-17-7-5-4-6-8-17)15-23-18(24)20(21-19(23)25)11-9-16(2)10-12-20/h4-8,16H,3,9-15H2,1-2H3,(H,21,25).